The molecule has 0 aliphatic heterocycles. The van der Waals surface area contributed by atoms with E-state index in [1.54, 1.807) is 0 Å². The maximum atomic E-state index is 2.39. The summed E-state index contributed by atoms with van der Waals surface area (Å²) in [6, 6.07) is 37.9. The van der Waals surface area contributed by atoms with E-state index in [0.29, 0.717) is 0 Å². The van der Waals surface area contributed by atoms with Crippen LogP contribution < -0.4 is 0 Å². The highest BCUT2D eigenvalue weighted by molar-refractivity contribution is 6.22. The Balaban J connectivity index is 1.89. The first-order valence-corrected chi connectivity index (χ1v) is 11.4. The van der Waals surface area contributed by atoms with Gasteiger partial charge in [-0.2, -0.15) is 0 Å². The standard InChI is InChI=1S/C32H26/c1-32(2,3)31-27-18-10-8-16-25(27)30(26-17-9-11-19-28(26)31)29-20-21-12-4-5-13-22(21)23-14-6-7-15-24(23)29/h4-20H,1-3H3. The second-order valence-electron chi connectivity index (χ2n) is 9.78. The first-order chi connectivity index (χ1) is 15.5. The zero-order valence-electron chi connectivity index (χ0n) is 18.8. The summed E-state index contributed by atoms with van der Waals surface area (Å²) in [5.41, 5.74) is 4.12. The van der Waals surface area contributed by atoms with Gasteiger partial charge in [-0.3, -0.25) is 0 Å². The highest BCUT2D eigenvalue weighted by Crippen LogP contribution is 2.46. The molecule has 0 N–H and O–H groups in total. The predicted octanol–water partition coefficient (Wildman–Crippen LogP) is 9.26. The van der Waals surface area contributed by atoms with Gasteiger partial charge in [-0.1, -0.05) is 118 Å². The fraction of sp³-hybridized carbons (Fsp3) is 0.125. The first-order valence-electron chi connectivity index (χ1n) is 11.4. The maximum absolute atomic E-state index is 2.39. The van der Waals surface area contributed by atoms with E-state index in [4.69, 9.17) is 0 Å². The van der Waals surface area contributed by atoms with Crippen molar-refractivity contribution in [1.29, 1.82) is 0 Å². The zero-order chi connectivity index (χ0) is 21.9. The van der Waals surface area contributed by atoms with Crippen LogP contribution in [0.5, 0.6) is 0 Å². The molecule has 0 heteroatoms. The molecular formula is C32H26. The van der Waals surface area contributed by atoms with Crippen molar-refractivity contribution in [3.05, 3.63) is 109 Å². The van der Waals surface area contributed by atoms with Crippen molar-refractivity contribution in [3.8, 4) is 11.1 Å². The number of rotatable bonds is 1. The normalized spacial score (nSPS) is 12.2. The average molecular weight is 411 g/mol. The van der Waals surface area contributed by atoms with Gasteiger partial charge in [0, 0.05) is 0 Å². The Morgan fingerprint density at radius 2 is 0.875 bits per heavy atom. The number of fused-ring (bicyclic) bond motifs is 5. The van der Waals surface area contributed by atoms with E-state index in [1.807, 2.05) is 0 Å². The van der Waals surface area contributed by atoms with Crippen LogP contribution >= 0.6 is 0 Å². The molecule has 0 unspecified atom stereocenters. The SMILES string of the molecule is CC(C)(C)c1c2ccccc2c(-c2cc3ccccc3c3ccccc23)c2ccccc12. The molecule has 0 fully saturated rings. The van der Waals surface area contributed by atoms with Gasteiger partial charge in [0.2, 0.25) is 0 Å². The summed E-state index contributed by atoms with van der Waals surface area (Å²) >= 11 is 0. The van der Waals surface area contributed by atoms with Gasteiger partial charge in [0.15, 0.2) is 0 Å². The van der Waals surface area contributed by atoms with E-state index in [-0.39, 0.29) is 5.41 Å². The monoisotopic (exact) mass is 410 g/mol. The molecule has 154 valence electrons. The second kappa shape index (κ2) is 6.93. The summed E-state index contributed by atoms with van der Waals surface area (Å²) in [5.74, 6) is 0. The zero-order valence-corrected chi connectivity index (χ0v) is 18.8. The molecule has 0 aromatic heterocycles. The lowest BCUT2D eigenvalue weighted by Crippen LogP contribution is -2.13. The number of benzene rings is 6. The fourth-order valence-electron chi connectivity index (χ4n) is 5.49. The summed E-state index contributed by atoms with van der Waals surface area (Å²) in [4.78, 5) is 0. The molecule has 0 nitrogen and oxygen atoms in total. The van der Waals surface area contributed by atoms with Gasteiger partial charge in [-0.05, 0) is 71.3 Å². The fourth-order valence-corrected chi connectivity index (χ4v) is 5.49. The third-order valence-electron chi connectivity index (χ3n) is 6.72. The molecule has 0 saturated heterocycles. The number of hydrogen-bond donors (Lipinski definition) is 0. The van der Waals surface area contributed by atoms with E-state index in [0.717, 1.165) is 0 Å². The van der Waals surface area contributed by atoms with Crippen LogP contribution in [-0.2, 0) is 5.41 Å². The highest BCUT2D eigenvalue weighted by Gasteiger charge is 2.24. The highest BCUT2D eigenvalue weighted by atomic mass is 14.3. The molecule has 0 radical (unpaired) electrons. The van der Waals surface area contributed by atoms with Crippen molar-refractivity contribution in [3.63, 3.8) is 0 Å². The van der Waals surface area contributed by atoms with E-state index in [2.05, 4.69) is 124 Å². The Labute approximate surface area is 189 Å². The Kier molecular flexibility index (Phi) is 4.13. The van der Waals surface area contributed by atoms with Crippen molar-refractivity contribution in [2.45, 2.75) is 26.2 Å². The van der Waals surface area contributed by atoms with Crippen molar-refractivity contribution in [1.82, 2.24) is 0 Å². The van der Waals surface area contributed by atoms with Crippen molar-refractivity contribution >= 4 is 43.1 Å². The van der Waals surface area contributed by atoms with Crippen molar-refractivity contribution in [2.24, 2.45) is 0 Å². The van der Waals surface area contributed by atoms with E-state index in [1.165, 1.54) is 59.8 Å². The molecule has 6 aromatic rings. The Morgan fingerprint density at radius 1 is 0.438 bits per heavy atom. The third-order valence-corrected chi connectivity index (χ3v) is 6.72. The van der Waals surface area contributed by atoms with Crippen LogP contribution in [0.1, 0.15) is 26.3 Å². The van der Waals surface area contributed by atoms with Gasteiger partial charge in [-0.25, -0.2) is 0 Å². The molecule has 0 aliphatic rings. The van der Waals surface area contributed by atoms with Crippen LogP contribution in [0.4, 0.5) is 0 Å². The minimum atomic E-state index is 0.0448. The lowest BCUT2D eigenvalue weighted by Gasteiger charge is -2.26. The van der Waals surface area contributed by atoms with Crippen LogP contribution in [0.3, 0.4) is 0 Å². The molecule has 0 heterocycles. The first kappa shape index (κ1) is 19.1. The van der Waals surface area contributed by atoms with E-state index < -0.39 is 0 Å². The van der Waals surface area contributed by atoms with Gasteiger partial charge >= 0.3 is 0 Å². The van der Waals surface area contributed by atoms with E-state index >= 15 is 0 Å². The van der Waals surface area contributed by atoms with Crippen LogP contribution in [0.25, 0.3) is 54.2 Å². The average Bonchev–Trinajstić information content (AvgIpc) is 2.81. The molecule has 0 amide bonds. The summed E-state index contributed by atoms with van der Waals surface area (Å²) in [6.07, 6.45) is 0. The molecule has 0 bridgehead atoms. The van der Waals surface area contributed by atoms with Gasteiger partial charge in [0.25, 0.3) is 0 Å². The van der Waals surface area contributed by atoms with Gasteiger partial charge in [0.1, 0.15) is 0 Å². The lowest BCUT2D eigenvalue weighted by molar-refractivity contribution is 0.601. The summed E-state index contributed by atoms with van der Waals surface area (Å²) in [5, 5.41) is 10.6. The second-order valence-corrected chi connectivity index (χ2v) is 9.78. The lowest BCUT2D eigenvalue weighted by atomic mass is 9.77. The van der Waals surface area contributed by atoms with Crippen LogP contribution in [0.2, 0.25) is 0 Å². The van der Waals surface area contributed by atoms with Crippen molar-refractivity contribution in [2.75, 3.05) is 0 Å². The van der Waals surface area contributed by atoms with Crippen LogP contribution in [-0.4, -0.2) is 0 Å². The maximum Gasteiger partial charge on any atom is -0.00201 e. The molecule has 0 aliphatic carbocycles. The molecule has 32 heavy (non-hydrogen) atoms. The van der Waals surface area contributed by atoms with Crippen LogP contribution in [0.15, 0.2) is 103 Å². The van der Waals surface area contributed by atoms with Gasteiger partial charge in [0.05, 0.1) is 0 Å². The number of hydrogen-bond acceptors (Lipinski definition) is 0. The van der Waals surface area contributed by atoms with Gasteiger partial charge < -0.3 is 0 Å². The van der Waals surface area contributed by atoms with Crippen molar-refractivity contribution < 1.29 is 0 Å². The quantitative estimate of drug-likeness (QED) is 0.187. The Hall–Kier alpha value is -3.64. The molecule has 6 aromatic carbocycles. The molecule has 0 spiro atoms. The predicted molar refractivity (Wildman–Crippen MR) is 141 cm³/mol. The largest absolute Gasteiger partial charge is 0.0616 e. The molecule has 0 atom stereocenters. The molecular weight excluding hydrogens is 384 g/mol. The molecule has 0 saturated carbocycles. The van der Waals surface area contributed by atoms with E-state index in [9.17, 15) is 0 Å². The Bertz CT molecular complexity index is 1590. The summed E-state index contributed by atoms with van der Waals surface area (Å²) in [7, 11) is 0. The topological polar surface area (TPSA) is 0 Å². The minimum Gasteiger partial charge on any atom is -0.0616 e. The minimum absolute atomic E-state index is 0.0448. The van der Waals surface area contributed by atoms with Crippen LogP contribution in [0, 0.1) is 0 Å². The summed E-state index contributed by atoms with van der Waals surface area (Å²) in [6.45, 7) is 6.98. The summed E-state index contributed by atoms with van der Waals surface area (Å²) < 4.78 is 0. The third kappa shape index (κ3) is 2.76. The smallest absolute Gasteiger partial charge is 0.00201 e. The Morgan fingerprint density at radius 3 is 1.44 bits per heavy atom. The van der Waals surface area contributed by atoms with Gasteiger partial charge in [-0.15, -0.1) is 0 Å². The molecule has 6 rings (SSSR count).